The number of amides is 2. The van der Waals surface area contributed by atoms with Crippen LogP contribution in [0.5, 0.6) is 0 Å². The van der Waals surface area contributed by atoms with Crippen LogP contribution in [-0.4, -0.2) is 33.4 Å². The van der Waals surface area contributed by atoms with Crippen molar-refractivity contribution in [3.8, 4) is 0 Å². The lowest BCUT2D eigenvalue weighted by molar-refractivity contribution is -0.126. The van der Waals surface area contributed by atoms with Crippen molar-refractivity contribution in [1.82, 2.24) is 20.2 Å². The van der Waals surface area contributed by atoms with Gasteiger partial charge in [-0.15, -0.1) is 0 Å². The van der Waals surface area contributed by atoms with Crippen LogP contribution >= 0.6 is 0 Å². The van der Waals surface area contributed by atoms with Gasteiger partial charge in [0.05, 0.1) is 11.0 Å². The summed E-state index contributed by atoms with van der Waals surface area (Å²) in [7, 11) is 0. The Balaban J connectivity index is 1.67. The maximum Gasteiger partial charge on any atom is 0.240 e. The third-order valence-corrected chi connectivity index (χ3v) is 5.17. The maximum absolute atomic E-state index is 12.5. The minimum atomic E-state index is -0.276. The second-order valence-electron chi connectivity index (χ2n) is 8.78. The minimum Gasteiger partial charge on any atom is -0.355 e. The van der Waals surface area contributed by atoms with Gasteiger partial charge in [0.2, 0.25) is 11.8 Å². The fourth-order valence-electron chi connectivity index (χ4n) is 3.90. The van der Waals surface area contributed by atoms with Gasteiger partial charge in [-0.3, -0.25) is 9.59 Å². The van der Waals surface area contributed by atoms with E-state index in [1.54, 1.807) is 0 Å². The molecule has 28 heavy (non-hydrogen) atoms. The molecule has 152 valence electrons. The molecule has 0 saturated heterocycles. The zero-order chi connectivity index (χ0) is 20.1. The Morgan fingerprint density at radius 1 is 1.14 bits per heavy atom. The average molecular weight is 385 g/mol. The summed E-state index contributed by atoms with van der Waals surface area (Å²) in [5.74, 6) is 1.11. The standard InChI is InChI=1S/C22H32N4O2/c1-22(2,3)25-20(27)15-26-18-12-8-7-11-17(18)24-19(26)13-14-23-21(28)16-9-5-4-6-10-16/h7-8,11-12,16H,4-6,9-10,13-15H2,1-3H3,(H,23,28)(H,25,27). The van der Waals surface area contributed by atoms with Crippen LogP contribution in [0.3, 0.4) is 0 Å². The molecule has 1 aromatic carbocycles. The first-order valence-electron chi connectivity index (χ1n) is 10.4. The van der Waals surface area contributed by atoms with Crippen molar-refractivity contribution in [2.45, 2.75) is 71.4 Å². The number of aromatic nitrogens is 2. The average Bonchev–Trinajstić information content (AvgIpc) is 2.98. The van der Waals surface area contributed by atoms with E-state index in [0.717, 1.165) is 42.5 Å². The Hall–Kier alpha value is -2.37. The van der Waals surface area contributed by atoms with Gasteiger partial charge in [0.1, 0.15) is 12.4 Å². The molecule has 2 aromatic rings. The highest BCUT2D eigenvalue weighted by molar-refractivity contribution is 5.81. The zero-order valence-corrected chi connectivity index (χ0v) is 17.3. The van der Waals surface area contributed by atoms with Gasteiger partial charge in [0.15, 0.2) is 0 Å². The molecule has 2 amide bonds. The molecule has 2 N–H and O–H groups in total. The Kier molecular flexibility index (Phi) is 6.37. The van der Waals surface area contributed by atoms with Crippen LogP contribution in [0.1, 0.15) is 58.7 Å². The van der Waals surface area contributed by atoms with E-state index in [4.69, 9.17) is 4.98 Å². The third-order valence-electron chi connectivity index (χ3n) is 5.17. The van der Waals surface area contributed by atoms with Crippen LogP contribution in [0.15, 0.2) is 24.3 Å². The molecule has 1 fully saturated rings. The molecule has 1 saturated carbocycles. The van der Waals surface area contributed by atoms with Gasteiger partial charge >= 0.3 is 0 Å². The number of hydrogen-bond donors (Lipinski definition) is 2. The summed E-state index contributed by atoms with van der Waals surface area (Å²) >= 11 is 0. The summed E-state index contributed by atoms with van der Waals surface area (Å²) in [5.41, 5.74) is 1.54. The van der Waals surface area contributed by atoms with Crippen LogP contribution in [0.2, 0.25) is 0 Å². The number of nitrogens with one attached hydrogen (secondary N) is 2. The van der Waals surface area contributed by atoms with Gasteiger partial charge in [-0.25, -0.2) is 4.98 Å². The summed E-state index contributed by atoms with van der Waals surface area (Å²) in [6.45, 7) is 6.68. The molecule has 3 rings (SSSR count). The molecule has 0 atom stereocenters. The highest BCUT2D eigenvalue weighted by atomic mass is 16.2. The summed E-state index contributed by atoms with van der Waals surface area (Å²) in [6, 6.07) is 7.84. The first-order chi connectivity index (χ1) is 13.3. The van der Waals surface area contributed by atoms with Gasteiger partial charge in [-0.05, 0) is 45.7 Å². The summed E-state index contributed by atoms with van der Waals surface area (Å²) in [4.78, 5) is 29.6. The maximum atomic E-state index is 12.5. The number of rotatable bonds is 6. The number of para-hydroxylation sites is 2. The van der Waals surface area contributed by atoms with E-state index in [1.165, 1.54) is 6.42 Å². The van der Waals surface area contributed by atoms with E-state index in [2.05, 4.69) is 10.6 Å². The van der Waals surface area contributed by atoms with Crippen molar-refractivity contribution < 1.29 is 9.59 Å². The molecular formula is C22H32N4O2. The molecule has 0 bridgehead atoms. The molecule has 1 heterocycles. The number of fused-ring (bicyclic) bond motifs is 1. The zero-order valence-electron chi connectivity index (χ0n) is 17.3. The number of carbonyl (C=O) groups excluding carboxylic acids is 2. The first kappa shape index (κ1) is 20.4. The first-order valence-corrected chi connectivity index (χ1v) is 10.4. The second kappa shape index (κ2) is 8.76. The number of nitrogens with zero attached hydrogens (tertiary/aromatic N) is 2. The fraction of sp³-hybridized carbons (Fsp3) is 0.591. The fourth-order valence-corrected chi connectivity index (χ4v) is 3.90. The van der Waals surface area contributed by atoms with E-state index >= 15 is 0 Å². The van der Waals surface area contributed by atoms with Crippen molar-refractivity contribution in [1.29, 1.82) is 0 Å². The second-order valence-corrected chi connectivity index (χ2v) is 8.78. The molecule has 6 nitrogen and oxygen atoms in total. The molecule has 6 heteroatoms. The van der Waals surface area contributed by atoms with Crippen LogP contribution in [0.4, 0.5) is 0 Å². The lowest BCUT2D eigenvalue weighted by Gasteiger charge is -2.21. The van der Waals surface area contributed by atoms with E-state index < -0.39 is 0 Å². The molecule has 0 spiro atoms. The van der Waals surface area contributed by atoms with Crippen LogP contribution in [-0.2, 0) is 22.6 Å². The highest BCUT2D eigenvalue weighted by Gasteiger charge is 2.21. The molecule has 1 aliphatic carbocycles. The molecule has 0 radical (unpaired) electrons. The van der Waals surface area contributed by atoms with Gasteiger partial charge in [0, 0.05) is 24.4 Å². The van der Waals surface area contributed by atoms with E-state index in [-0.39, 0.29) is 29.8 Å². The Morgan fingerprint density at radius 3 is 2.57 bits per heavy atom. The predicted molar refractivity (Wildman–Crippen MR) is 111 cm³/mol. The smallest absolute Gasteiger partial charge is 0.240 e. The Morgan fingerprint density at radius 2 is 1.86 bits per heavy atom. The highest BCUT2D eigenvalue weighted by Crippen LogP contribution is 2.23. The van der Waals surface area contributed by atoms with Crippen molar-refractivity contribution >= 4 is 22.8 Å². The summed E-state index contributed by atoms with van der Waals surface area (Å²) < 4.78 is 1.96. The van der Waals surface area contributed by atoms with Crippen LogP contribution < -0.4 is 10.6 Å². The lowest BCUT2D eigenvalue weighted by Crippen LogP contribution is -2.42. The van der Waals surface area contributed by atoms with Crippen molar-refractivity contribution in [3.63, 3.8) is 0 Å². The number of imidazole rings is 1. The monoisotopic (exact) mass is 384 g/mol. The largest absolute Gasteiger partial charge is 0.355 e. The van der Waals surface area contributed by atoms with E-state index in [1.807, 2.05) is 49.6 Å². The van der Waals surface area contributed by atoms with Crippen LogP contribution in [0.25, 0.3) is 11.0 Å². The summed E-state index contributed by atoms with van der Waals surface area (Å²) in [5, 5.41) is 6.08. The topological polar surface area (TPSA) is 76.0 Å². The van der Waals surface area contributed by atoms with E-state index in [9.17, 15) is 9.59 Å². The minimum absolute atomic E-state index is 0.0388. The van der Waals surface area contributed by atoms with Gasteiger partial charge < -0.3 is 15.2 Å². The number of hydrogen-bond acceptors (Lipinski definition) is 3. The van der Waals surface area contributed by atoms with Gasteiger partial charge in [-0.2, -0.15) is 0 Å². The lowest BCUT2D eigenvalue weighted by atomic mass is 9.89. The SMILES string of the molecule is CC(C)(C)NC(=O)Cn1c(CCNC(=O)C2CCCCC2)nc2ccccc21. The molecular weight excluding hydrogens is 352 g/mol. The van der Waals surface area contributed by atoms with Gasteiger partial charge in [-0.1, -0.05) is 31.4 Å². The molecule has 0 aliphatic heterocycles. The number of carbonyl (C=O) groups is 2. The van der Waals surface area contributed by atoms with Crippen molar-refractivity contribution in [3.05, 3.63) is 30.1 Å². The Labute approximate surface area is 167 Å². The van der Waals surface area contributed by atoms with Crippen molar-refractivity contribution in [2.24, 2.45) is 5.92 Å². The quantitative estimate of drug-likeness (QED) is 0.803. The third kappa shape index (κ3) is 5.33. The van der Waals surface area contributed by atoms with E-state index in [0.29, 0.717) is 13.0 Å². The van der Waals surface area contributed by atoms with Crippen molar-refractivity contribution in [2.75, 3.05) is 6.54 Å². The molecule has 1 aliphatic rings. The summed E-state index contributed by atoms with van der Waals surface area (Å²) in [6.07, 6.45) is 6.14. The van der Waals surface area contributed by atoms with Crippen LogP contribution in [0, 0.1) is 5.92 Å². The molecule has 0 unspecified atom stereocenters. The molecule has 1 aromatic heterocycles. The predicted octanol–water partition coefficient (Wildman–Crippen LogP) is 3.19. The number of benzene rings is 1. The Bertz CT molecular complexity index is 829. The normalized spacial score (nSPS) is 15.5. The van der Waals surface area contributed by atoms with Gasteiger partial charge in [0.25, 0.3) is 0 Å².